The fourth-order valence-corrected chi connectivity index (χ4v) is 1.49. The molecule has 1 amide bonds. The molecule has 0 aliphatic heterocycles. The smallest absolute Gasteiger partial charge is 0.404 e. The molecule has 0 heterocycles. The number of alkyl halides is 3. The van der Waals surface area contributed by atoms with E-state index in [0.29, 0.717) is 13.1 Å². The average molecular weight is 290 g/mol. The summed E-state index contributed by atoms with van der Waals surface area (Å²) in [5.74, 6) is -1.16. The van der Waals surface area contributed by atoms with Crippen molar-refractivity contribution in [3.8, 4) is 5.75 Å². The third-order valence-electron chi connectivity index (χ3n) is 2.52. The highest BCUT2D eigenvalue weighted by atomic mass is 19.4. The van der Waals surface area contributed by atoms with E-state index in [0.717, 1.165) is 6.07 Å². The Balaban J connectivity index is 2.74. The summed E-state index contributed by atoms with van der Waals surface area (Å²) in [4.78, 5) is 11.8. The van der Waals surface area contributed by atoms with E-state index in [1.54, 1.807) is 6.92 Å². The summed E-state index contributed by atoms with van der Waals surface area (Å²) >= 11 is 0. The standard InChI is InChI=1S/C13H17F3N2O2/c1-3-17-8-9(2)12(19)18-10-6-4-5-7-11(10)20-13(14,15)16/h4-7,9,17H,3,8H2,1-2H3,(H,18,19). The van der Waals surface area contributed by atoms with Crippen molar-refractivity contribution in [1.29, 1.82) is 0 Å². The molecule has 1 atom stereocenters. The first kappa shape index (κ1) is 16.3. The molecule has 1 aromatic rings. The van der Waals surface area contributed by atoms with Gasteiger partial charge in [-0.3, -0.25) is 4.79 Å². The number of amides is 1. The van der Waals surface area contributed by atoms with Crippen molar-refractivity contribution in [2.24, 2.45) is 5.92 Å². The molecule has 0 aromatic heterocycles. The van der Waals surface area contributed by atoms with Crippen molar-refractivity contribution < 1.29 is 22.7 Å². The average Bonchev–Trinajstić information content (AvgIpc) is 2.36. The molecule has 1 aromatic carbocycles. The largest absolute Gasteiger partial charge is 0.573 e. The molecular formula is C13H17F3N2O2. The van der Waals surface area contributed by atoms with Gasteiger partial charge >= 0.3 is 6.36 Å². The zero-order valence-corrected chi connectivity index (χ0v) is 11.3. The lowest BCUT2D eigenvalue weighted by Gasteiger charge is -2.16. The van der Waals surface area contributed by atoms with Gasteiger partial charge in [-0.25, -0.2) is 0 Å². The van der Waals surface area contributed by atoms with Gasteiger partial charge in [-0.15, -0.1) is 13.2 Å². The van der Waals surface area contributed by atoms with Gasteiger partial charge < -0.3 is 15.4 Å². The maximum Gasteiger partial charge on any atom is 0.573 e. The number of anilines is 1. The summed E-state index contributed by atoms with van der Waals surface area (Å²) in [5, 5.41) is 5.43. The molecule has 7 heteroatoms. The molecule has 0 aliphatic carbocycles. The summed E-state index contributed by atoms with van der Waals surface area (Å²) in [6.07, 6.45) is -4.80. The lowest BCUT2D eigenvalue weighted by molar-refractivity contribution is -0.274. The zero-order valence-electron chi connectivity index (χ0n) is 11.3. The van der Waals surface area contributed by atoms with Crippen LogP contribution in [0.4, 0.5) is 18.9 Å². The van der Waals surface area contributed by atoms with Crippen LogP contribution < -0.4 is 15.4 Å². The predicted molar refractivity (Wildman–Crippen MR) is 69.5 cm³/mol. The number of carbonyl (C=O) groups excluding carboxylic acids is 1. The number of nitrogens with one attached hydrogen (secondary N) is 2. The number of benzene rings is 1. The third-order valence-corrected chi connectivity index (χ3v) is 2.52. The van der Waals surface area contributed by atoms with Crippen molar-refractivity contribution in [3.63, 3.8) is 0 Å². The highest BCUT2D eigenvalue weighted by molar-refractivity contribution is 5.93. The first-order chi connectivity index (χ1) is 9.33. The summed E-state index contributed by atoms with van der Waals surface area (Å²) in [6, 6.07) is 5.43. The molecule has 0 spiro atoms. The number of carbonyl (C=O) groups is 1. The summed E-state index contributed by atoms with van der Waals surface area (Å²) in [6.45, 7) is 4.75. The third kappa shape index (κ3) is 5.48. The Morgan fingerprint density at radius 2 is 2.00 bits per heavy atom. The molecule has 0 radical (unpaired) electrons. The Morgan fingerprint density at radius 1 is 1.35 bits per heavy atom. The van der Waals surface area contributed by atoms with Crippen molar-refractivity contribution in [2.45, 2.75) is 20.2 Å². The lowest BCUT2D eigenvalue weighted by atomic mass is 10.1. The van der Waals surface area contributed by atoms with Gasteiger partial charge in [0.15, 0.2) is 5.75 Å². The fraction of sp³-hybridized carbons (Fsp3) is 0.462. The molecule has 1 rings (SSSR count). The second-order valence-electron chi connectivity index (χ2n) is 4.24. The van der Waals surface area contributed by atoms with E-state index in [2.05, 4.69) is 15.4 Å². The van der Waals surface area contributed by atoms with Crippen LogP contribution in [0.3, 0.4) is 0 Å². The first-order valence-corrected chi connectivity index (χ1v) is 6.20. The SMILES string of the molecule is CCNCC(C)C(=O)Nc1ccccc1OC(F)(F)F. The topological polar surface area (TPSA) is 50.4 Å². The van der Waals surface area contributed by atoms with E-state index >= 15 is 0 Å². The van der Waals surface area contributed by atoms with E-state index < -0.39 is 12.1 Å². The summed E-state index contributed by atoms with van der Waals surface area (Å²) in [5.41, 5.74) is -0.00169. The van der Waals surface area contributed by atoms with Crippen LogP contribution in [0.5, 0.6) is 5.75 Å². The Kier molecular flexibility index (Phi) is 5.82. The molecule has 1 unspecified atom stereocenters. The van der Waals surface area contributed by atoms with Crippen LogP contribution >= 0.6 is 0 Å². The van der Waals surface area contributed by atoms with E-state index in [1.807, 2.05) is 6.92 Å². The van der Waals surface area contributed by atoms with Crippen LogP contribution in [-0.4, -0.2) is 25.4 Å². The van der Waals surface area contributed by atoms with Gasteiger partial charge in [0.1, 0.15) is 0 Å². The maximum absolute atomic E-state index is 12.2. The molecule has 0 saturated heterocycles. The summed E-state index contributed by atoms with van der Waals surface area (Å²) in [7, 11) is 0. The monoisotopic (exact) mass is 290 g/mol. The molecule has 112 valence electrons. The van der Waals surface area contributed by atoms with Crippen molar-refractivity contribution >= 4 is 11.6 Å². The van der Waals surface area contributed by atoms with Gasteiger partial charge in [-0.05, 0) is 18.7 Å². The molecule has 2 N–H and O–H groups in total. The molecule has 0 bridgehead atoms. The number of rotatable bonds is 6. The minimum Gasteiger partial charge on any atom is -0.404 e. The van der Waals surface area contributed by atoms with Gasteiger partial charge in [-0.1, -0.05) is 26.0 Å². The zero-order chi connectivity index (χ0) is 15.2. The predicted octanol–water partition coefficient (Wildman–Crippen LogP) is 2.77. The minimum atomic E-state index is -4.80. The maximum atomic E-state index is 12.2. The van der Waals surface area contributed by atoms with Crippen molar-refractivity contribution in [3.05, 3.63) is 24.3 Å². The van der Waals surface area contributed by atoms with Crippen LogP contribution in [-0.2, 0) is 4.79 Å². The van der Waals surface area contributed by atoms with Crippen molar-refractivity contribution in [1.82, 2.24) is 5.32 Å². The van der Waals surface area contributed by atoms with Gasteiger partial charge in [0.05, 0.1) is 5.69 Å². The first-order valence-electron chi connectivity index (χ1n) is 6.20. The van der Waals surface area contributed by atoms with Crippen LogP contribution in [0.2, 0.25) is 0 Å². The minimum absolute atomic E-state index is 0.00169. The van der Waals surface area contributed by atoms with Gasteiger partial charge in [-0.2, -0.15) is 0 Å². The quantitative estimate of drug-likeness (QED) is 0.847. The molecule has 4 nitrogen and oxygen atoms in total. The van der Waals surface area contributed by atoms with E-state index in [9.17, 15) is 18.0 Å². The highest BCUT2D eigenvalue weighted by Crippen LogP contribution is 2.30. The Bertz CT molecular complexity index is 449. The number of para-hydroxylation sites is 2. The van der Waals surface area contributed by atoms with Crippen LogP contribution in [0.1, 0.15) is 13.8 Å². The normalized spacial score (nSPS) is 12.8. The Hall–Kier alpha value is -1.76. The highest BCUT2D eigenvalue weighted by Gasteiger charge is 2.32. The fourth-order valence-electron chi connectivity index (χ4n) is 1.49. The van der Waals surface area contributed by atoms with Crippen LogP contribution in [0, 0.1) is 5.92 Å². The lowest BCUT2D eigenvalue weighted by Crippen LogP contribution is -2.30. The summed E-state index contributed by atoms with van der Waals surface area (Å²) < 4.78 is 40.6. The van der Waals surface area contributed by atoms with E-state index in [1.165, 1.54) is 18.2 Å². The molecule has 0 aliphatic rings. The molecular weight excluding hydrogens is 273 g/mol. The number of halogens is 3. The van der Waals surface area contributed by atoms with Gasteiger partial charge in [0.25, 0.3) is 0 Å². The number of ether oxygens (including phenoxy) is 1. The van der Waals surface area contributed by atoms with Crippen LogP contribution in [0.25, 0.3) is 0 Å². The second kappa shape index (κ2) is 7.14. The van der Waals surface area contributed by atoms with Gasteiger partial charge in [0, 0.05) is 12.5 Å². The van der Waals surface area contributed by atoms with Crippen LogP contribution in [0.15, 0.2) is 24.3 Å². The molecule has 20 heavy (non-hydrogen) atoms. The Labute approximate surface area is 115 Å². The number of hydrogen-bond acceptors (Lipinski definition) is 3. The van der Waals surface area contributed by atoms with Crippen molar-refractivity contribution in [2.75, 3.05) is 18.4 Å². The van der Waals surface area contributed by atoms with Gasteiger partial charge in [0.2, 0.25) is 5.91 Å². The van der Waals surface area contributed by atoms with E-state index in [4.69, 9.17) is 0 Å². The second-order valence-corrected chi connectivity index (χ2v) is 4.24. The molecule has 0 fully saturated rings. The number of hydrogen-bond donors (Lipinski definition) is 2. The molecule has 0 saturated carbocycles. The Morgan fingerprint density at radius 3 is 2.60 bits per heavy atom. The van der Waals surface area contributed by atoms with E-state index in [-0.39, 0.29) is 17.5 Å².